The molecule has 96 valence electrons. The van der Waals surface area contributed by atoms with Crippen LogP contribution in [0.4, 0.5) is 5.69 Å². The third-order valence-corrected chi connectivity index (χ3v) is 2.34. The highest BCUT2D eigenvalue weighted by Crippen LogP contribution is 2.33. The summed E-state index contributed by atoms with van der Waals surface area (Å²) >= 11 is 0. The second-order valence-corrected chi connectivity index (χ2v) is 3.84. The van der Waals surface area contributed by atoms with Crippen molar-refractivity contribution in [2.45, 2.75) is 13.3 Å². The maximum atomic E-state index is 11.5. The molecule has 1 N–H and O–H groups in total. The molecule has 0 saturated heterocycles. The van der Waals surface area contributed by atoms with Crippen molar-refractivity contribution in [1.82, 2.24) is 0 Å². The van der Waals surface area contributed by atoms with Gasteiger partial charge in [-0.3, -0.25) is 10.1 Å². The molecule has 0 bridgehead atoms. The van der Waals surface area contributed by atoms with Gasteiger partial charge in [0.25, 0.3) is 0 Å². The maximum absolute atomic E-state index is 11.5. The van der Waals surface area contributed by atoms with Gasteiger partial charge in [0.15, 0.2) is 5.75 Å². The Labute approximate surface area is 104 Å². The summed E-state index contributed by atoms with van der Waals surface area (Å²) in [5, 5.41) is 20.6. The van der Waals surface area contributed by atoms with Gasteiger partial charge in [-0.15, -0.1) is 0 Å². The number of nitro groups is 1. The fraction of sp³-hybridized carbons (Fsp3) is 0.250. The molecule has 1 aromatic rings. The number of phenols is 1. The zero-order valence-corrected chi connectivity index (χ0v) is 10.1. The van der Waals surface area contributed by atoms with Crippen LogP contribution in [0.15, 0.2) is 24.3 Å². The lowest BCUT2D eigenvalue weighted by Crippen LogP contribution is -2.07. The van der Waals surface area contributed by atoms with E-state index in [1.807, 2.05) is 0 Å². The molecule has 0 amide bonds. The van der Waals surface area contributed by atoms with E-state index in [4.69, 9.17) is 0 Å². The van der Waals surface area contributed by atoms with Crippen molar-refractivity contribution in [3.05, 3.63) is 45.5 Å². The number of carbonyl (C=O) groups is 1. The molecule has 6 nitrogen and oxygen atoms in total. The Morgan fingerprint density at radius 1 is 1.56 bits per heavy atom. The van der Waals surface area contributed by atoms with Crippen LogP contribution in [-0.2, 0) is 11.2 Å². The second kappa shape index (κ2) is 5.31. The Morgan fingerprint density at radius 2 is 2.17 bits per heavy atom. The first-order valence-corrected chi connectivity index (χ1v) is 5.10. The SMILES string of the molecule is C=C(C)Cc1c(C(=O)OC)ccc([N+](=O)[O-])c1O. The summed E-state index contributed by atoms with van der Waals surface area (Å²) in [5.41, 5.74) is 0.474. The van der Waals surface area contributed by atoms with E-state index in [1.54, 1.807) is 6.92 Å². The Hall–Kier alpha value is -2.37. The molecule has 0 atom stereocenters. The first-order valence-electron chi connectivity index (χ1n) is 5.10. The number of rotatable bonds is 4. The Balaban J connectivity index is 3.45. The number of nitro benzene ring substituents is 1. The van der Waals surface area contributed by atoms with Gasteiger partial charge in [0.1, 0.15) is 0 Å². The van der Waals surface area contributed by atoms with Gasteiger partial charge in [-0.25, -0.2) is 4.79 Å². The highest BCUT2D eigenvalue weighted by molar-refractivity contribution is 5.92. The second-order valence-electron chi connectivity index (χ2n) is 3.84. The van der Waals surface area contributed by atoms with Crippen molar-refractivity contribution < 1.29 is 19.6 Å². The molecule has 0 aliphatic rings. The summed E-state index contributed by atoms with van der Waals surface area (Å²) in [7, 11) is 1.20. The largest absolute Gasteiger partial charge is 0.502 e. The Kier molecular flexibility index (Phi) is 4.04. The molecule has 1 rings (SSSR count). The minimum atomic E-state index is -0.710. The molecule has 0 saturated carbocycles. The van der Waals surface area contributed by atoms with Gasteiger partial charge in [-0.2, -0.15) is 0 Å². The summed E-state index contributed by atoms with van der Waals surface area (Å²) in [5.74, 6) is -1.18. The molecule has 0 radical (unpaired) electrons. The fourth-order valence-electron chi connectivity index (χ4n) is 1.55. The number of hydrogen-bond donors (Lipinski definition) is 1. The van der Waals surface area contributed by atoms with E-state index < -0.39 is 22.3 Å². The van der Waals surface area contributed by atoms with E-state index >= 15 is 0 Å². The van der Waals surface area contributed by atoms with Gasteiger partial charge in [0, 0.05) is 11.6 Å². The van der Waals surface area contributed by atoms with Crippen LogP contribution in [0.25, 0.3) is 0 Å². The monoisotopic (exact) mass is 251 g/mol. The van der Waals surface area contributed by atoms with Gasteiger partial charge in [0.05, 0.1) is 17.6 Å². The molecule has 0 aliphatic carbocycles. The average molecular weight is 251 g/mol. The molecule has 0 aromatic heterocycles. The van der Waals surface area contributed by atoms with Crippen molar-refractivity contribution in [2.75, 3.05) is 7.11 Å². The molecule has 6 heteroatoms. The molecule has 1 aromatic carbocycles. The zero-order valence-electron chi connectivity index (χ0n) is 10.1. The van der Waals surface area contributed by atoms with Crippen LogP contribution in [-0.4, -0.2) is 23.1 Å². The predicted octanol–water partition coefficient (Wildman–Crippen LogP) is 2.21. The molecule has 18 heavy (non-hydrogen) atoms. The lowest BCUT2D eigenvalue weighted by molar-refractivity contribution is -0.385. The van der Waals surface area contributed by atoms with Gasteiger partial charge < -0.3 is 9.84 Å². The zero-order chi connectivity index (χ0) is 13.9. The molecule has 0 aliphatic heterocycles. The highest BCUT2D eigenvalue weighted by atomic mass is 16.6. The van der Waals surface area contributed by atoms with Crippen LogP contribution in [0, 0.1) is 10.1 Å². The molecular formula is C12H13NO5. The lowest BCUT2D eigenvalue weighted by Gasteiger charge is -2.10. The maximum Gasteiger partial charge on any atom is 0.338 e. The number of ether oxygens (including phenoxy) is 1. The molecule has 0 spiro atoms. The summed E-state index contributed by atoms with van der Waals surface area (Å²) in [4.78, 5) is 21.5. The molecule has 0 unspecified atom stereocenters. The summed E-state index contributed by atoms with van der Waals surface area (Å²) in [6, 6.07) is 2.34. The summed E-state index contributed by atoms with van der Waals surface area (Å²) in [6.45, 7) is 5.35. The van der Waals surface area contributed by atoms with Gasteiger partial charge in [-0.1, -0.05) is 12.2 Å². The van der Waals surface area contributed by atoms with E-state index in [9.17, 15) is 20.0 Å². The van der Waals surface area contributed by atoms with Crippen molar-refractivity contribution in [3.8, 4) is 5.75 Å². The first kappa shape index (κ1) is 13.7. The quantitative estimate of drug-likeness (QED) is 0.383. The van der Waals surface area contributed by atoms with Crippen LogP contribution in [0.1, 0.15) is 22.8 Å². The molecule has 0 fully saturated rings. The number of carbonyl (C=O) groups excluding carboxylic acids is 1. The standard InChI is InChI=1S/C12H13NO5/c1-7(2)6-9-8(12(15)18-3)4-5-10(11(9)14)13(16)17/h4-5,14H,1,6H2,2-3H3. The van der Waals surface area contributed by atoms with Gasteiger partial charge >= 0.3 is 11.7 Å². The van der Waals surface area contributed by atoms with Gasteiger partial charge in [-0.05, 0) is 19.4 Å². The van der Waals surface area contributed by atoms with E-state index in [0.717, 1.165) is 6.07 Å². The van der Waals surface area contributed by atoms with Crippen molar-refractivity contribution in [2.24, 2.45) is 0 Å². The van der Waals surface area contributed by atoms with Crippen LogP contribution in [0.2, 0.25) is 0 Å². The predicted molar refractivity (Wildman–Crippen MR) is 64.6 cm³/mol. The minimum absolute atomic E-state index is 0.101. The number of aromatic hydroxyl groups is 1. The molecule has 0 heterocycles. The van der Waals surface area contributed by atoms with E-state index in [-0.39, 0.29) is 17.5 Å². The third kappa shape index (κ3) is 2.65. The third-order valence-electron chi connectivity index (χ3n) is 2.34. The molecular weight excluding hydrogens is 238 g/mol. The van der Waals surface area contributed by atoms with E-state index in [0.29, 0.717) is 5.57 Å². The number of benzene rings is 1. The number of allylic oxidation sites excluding steroid dienone is 1. The number of phenolic OH excluding ortho intramolecular Hbond substituents is 1. The average Bonchev–Trinajstić information content (AvgIpc) is 2.29. The van der Waals surface area contributed by atoms with Crippen LogP contribution < -0.4 is 0 Å². The summed E-state index contributed by atoms with van der Waals surface area (Å²) in [6.07, 6.45) is 0.165. The first-order chi connectivity index (χ1) is 8.38. The minimum Gasteiger partial charge on any atom is -0.502 e. The van der Waals surface area contributed by atoms with Gasteiger partial charge in [0.2, 0.25) is 0 Å². The topological polar surface area (TPSA) is 89.7 Å². The summed E-state index contributed by atoms with van der Waals surface area (Å²) < 4.78 is 4.56. The number of nitrogens with zero attached hydrogens (tertiary/aromatic N) is 1. The number of esters is 1. The van der Waals surface area contributed by atoms with Crippen molar-refractivity contribution in [3.63, 3.8) is 0 Å². The smallest absolute Gasteiger partial charge is 0.338 e. The Morgan fingerprint density at radius 3 is 2.61 bits per heavy atom. The van der Waals surface area contributed by atoms with Crippen LogP contribution in [0.5, 0.6) is 5.75 Å². The van der Waals surface area contributed by atoms with E-state index in [2.05, 4.69) is 11.3 Å². The fourth-order valence-corrected chi connectivity index (χ4v) is 1.55. The van der Waals surface area contributed by atoms with Crippen molar-refractivity contribution in [1.29, 1.82) is 0 Å². The number of hydrogen-bond acceptors (Lipinski definition) is 5. The lowest BCUT2D eigenvalue weighted by atomic mass is 9.99. The van der Waals surface area contributed by atoms with Crippen molar-refractivity contribution >= 4 is 11.7 Å². The highest BCUT2D eigenvalue weighted by Gasteiger charge is 2.23. The Bertz CT molecular complexity index is 521. The normalized spacial score (nSPS) is 9.89. The van der Waals surface area contributed by atoms with E-state index in [1.165, 1.54) is 13.2 Å². The van der Waals surface area contributed by atoms with Crippen LogP contribution in [0.3, 0.4) is 0 Å². The number of methoxy groups -OCH3 is 1. The van der Waals surface area contributed by atoms with Crippen LogP contribution >= 0.6 is 0 Å².